The first-order valence-corrected chi connectivity index (χ1v) is 5.77. The Hall–Kier alpha value is -1.03. The molecule has 0 radical (unpaired) electrons. The number of halogens is 1. The minimum absolute atomic E-state index is 0.0675. The van der Waals surface area contributed by atoms with E-state index in [4.69, 9.17) is 17.3 Å². The lowest BCUT2D eigenvalue weighted by molar-refractivity contribution is 0.465. The third-order valence-electron chi connectivity index (χ3n) is 2.26. The fourth-order valence-corrected chi connectivity index (χ4v) is 2.29. The van der Waals surface area contributed by atoms with Gasteiger partial charge in [0.1, 0.15) is 5.75 Å². The number of benzene rings is 1. The molecule has 4 heteroatoms. The lowest BCUT2D eigenvalue weighted by Gasteiger charge is -2.12. The first kappa shape index (κ1) is 10.5. The molecule has 0 bridgehead atoms. The van der Waals surface area contributed by atoms with E-state index in [0.29, 0.717) is 10.6 Å². The summed E-state index contributed by atoms with van der Waals surface area (Å²) in [6, 6.07) is 6.82. The maximum Gasteiger partial charge on any atom is 0.139 e. The van der Waals surface area contributed by atoms with Crippen molar-refractivity contribution in [3.8, 4) is 5.75 Å². The summed E-state index contributed by atoms with van der Waals surface area (Å²) >= 11 is 7.39. The van der Waals surface area contributed by atoms with Crippen molar-refractivity contribution in [1.82, 2.24) is 0 Å². The van der Waals surface area contributed by atoms with Crippen LogP contribution in [0.2, 0.25) is 5.02 Å². The predicted molar refractivity (Wildman–Crippen MR) is 63.5 cm³/mol. The van der Waals surface area contributed by atoms with Crippen LogP contribution in [0.25, 0.3) is 0 Å². The summed E-state index contributed by atoms with van der Waals surface area (Å²) in [6.07, 6.45) is 0. The zero-order valence-electron chi connectivity index (χ0n) is 7.85. The zero-order valence-corrected chi connectivity index (χ0v) is 9.42. The minimum atomic E-state index is -0.324. The van der Waals surface area contributed by atoms with Crippen LogP contribution in [0.3, 0.4) is 0 Å². The maximum absolute atomic E-state index is 9.76. The molecule has 0 fully saturated rings. The number of nitrogens with two attached hydrogens (primary N) is 1. The van der Waals surface area contributed by atoms with E-state index < -0.39 is 0 Å². The van der Waals surface area contributed by atoms with Crippen LogP contribution < -0.4 is 5.73 Å². The first-order chi connectivity index (χ1) is 7.20. The Morgan fingerprint density at radius 1 is 1.33 bits per heavy atom. The molecular weight excluding hydrogens is 230 g/mol. The summed E-state index contributed by atoms with van der Waals surface area (Å²) < 4.78 is 0. The molecule has 0 spiro atoms. The Bertz CT molecular complexity index is 456. The Balaban J connectivity index is 2.42. The molecule has 2 rings (SSSR count). The van der Waals surface area contributed by atoms with Crippen molar-refractivity contribution < 1.29 is 5.11 Å². The molecule has 3 N–H and O–H groups in total. The smallest absolute Gasteiger partial charge is 0.139 e. The predicted octanol–water partition coefficient (Wildman–Crippen LogP) is 3.16. The summed E-state index contributed by atoms with van der Waals surface area (Å²) in [6.45, 7) is 0. The van der Waals surface area contributed by atoms with E-state index in [1.807, 2.05) is 16.8 Å². The van der Waals surface area contributed by atoms with Crippen LogP contribution in [0.15, 0.2) is 35.0 Å². The Labute approximate surface area is 96.9 Å². The Morgan fingerprint density at radius 2 is 2.13 bits per heavy atom. The summed E-state index contributed by atoms with van der Waals surface area (Å²) in [4.78, 5) is 0. The highest BCUT2D eigenvalue weighted by Crippen LogP contribution is 2.33. The van der Waals surface area contributed by atoms with Crippen molar-refractivity contribution in [3.63, 3.8) is 0 Å². The Kier molecular flexibility index (Phi) is 2.95. The number of thiophene rings is 1. The van der Waals surface area contributed by atoms with Crippen LogP contribution >= 0.6 is 22.9 Å². The van der Waals surface area contributed by atoms with Gasteiger partial charge in [-0.1, -0.05) is 23.7 Å². The number of hydrogen-bond acceptors (Lipinski definition) is 3. The molecule has 1 heterocycles. The van der Waals surface area contributed by atoms with Gasteiger partial charge < -0.3 is 10.8 Å². The number of para-hydroxylation sites is 1. The van der Waals surface area contributed by atoms with Crippen molar-refractivity contribution in [3.05, 3.63) is 51.2 Å². The molecule has 15 heavy (non-hydrogen) atoms. The summed E-state index contributed by atoms with van der Waals surface area (Å²) in [5.74, 6) is 0.0675. The van der Waals surface area contributed by atoms with Crippen LogP contribution in [0.5, 0.6) is 5.75 Å². The van der Waals surface area contributed by atoms with Crippen molar-refractivity contribution in [2.45, 2.75) is 6.04 Å². The molecule has 2 aromatic rings. The quantitative estimate of drug-likeness (QED) is 0.846. The maximum atomic E-state index is 9.76. The van der Waals surface area contributed by atoms with E-state index in [-0.39, 0.29) is 11.8 Å². The molecule has 0 aliphatic rings. The number of rotatable bonds is 2. The molecule has 0 saturated heterocycles. The zero-order chi connectivity index (χ0) is 10.8. The van der Waals surface area contributed by atoms with E-state index >= 15 is 0 Å². The van der Waals surface area contributed by atoms with E-state index in [9.17, 15) is 5.11 Å². The minimum Gasteiger partial charge on any atom is -0.506 e. The van der Waals surface area contributed by atoms with E-state index in [2.05, 4.69) is 0 Å². The van der Waals surface area contributed by atoms with Crippen molar-refractivity contribution in [1.29, 1.82) is 0 Å². The number of phenolic OH excluding ortho intramolecular Hbond substituents is 1. The molecule has 0 aliphatic heterocycles. The highest BCUT2D eigenvalue weighted by atomic mass is 35.5. The van der Waals surface area contributed by atoms with E-state index in [1.54, 1.807) is 29.5 Å². The SMILES string of the molecule is N[C@H](c1ccsc1)c1cccc(Cl)c1O. The average Bonchev–Trinajstić information content (AvgIpc) is 2.74. The number of hydrogen-bond donors (Lipinski definition) is 2. The normalized spacial score (nSPS) is 12.7. The van der Waals surface area contributed by atoms with Gasteiger partial charge in [0.05, 0.1) is 11.1 Å². The molecule has 1 aromatic heterocycles. The van der Waals surface area contributed by atoms with Crippen molar-refractivity contribution >= 4 is 22.9 Å². The third-order valence-corrected chi connectivity index (χ3v) is 3.26. The van der Waals surface area contributed by atoms with E-state index in [0.717, 1.165) is 5.56 Å². The van der Waals surface area contributed by atoms with Gasteiger partial charge in [0, 0.05) is 5.56 Å². The van der Waals surface area contributed by atoms with Gasteiger partial charge in [-0.05, 0) is 28.5 Å². The summed E-state index contributed by atoms with van der Waals surface area (Å²) in [5.41, 5.74) is 7.66. The van der Waals surface area contributed by atoms with Gasteiger partial charge in [0.25, 0.3) is 0 Å². The molecule has 1 atom stereocenters. The van der Waals surface area contributed by atoms with Gasteiger partial charge in [-0.15, -0.1) is 0 Å². The second-order valence-electron chi connectivity index (χ2n) is 3.21. The van der Waals surface area contributed by atoms with Crippen LogP contribution in [0, 0.1) is 0 Å². The van der Waals surface area contributed by atoms with Crippen LogP contribution in [-0.2, 0) is 0 Å². The van der Waals surface area contributed by atoms with Crippen LogP contribution in [-0.4, -0.2) is 5.11 Å². The number of aromatic hydroxyl groups is 1. The van der Waals surface area contributed by atoms with Crippen molar-refractivity contribution in [2.24, 2.45) is 5.73 Å². The molecule has 0 saturated carbocycles. The topological polar surface area (TPSA) is 46.2 Å². The fraction of sp³-hybridized carbons (Fsp3) is 0.0909. The van der Waals surface area contributed by atoms with Crippen molar-refractivity contribution in [2.75, 3.05) is 0 Å². The van der Waals surface area contributed by atoms with Crippen LogP contribution in [0.4, 0.5) is 0 Å². The summed E-state index contributed by atoms with van der Waals surface area (Å²) in [5, 5.41) is 14.0. The van der Waals surface area contributed by atoms with Crippen LogP contribution in [0.1, 0.15) is 17.2 Å². The lowest BCUT2D eigenvalue weighted by Crippen LogP contribution is -2.10. The monoisotopic (exact) mass is 239 g/mol. The standard InChI is InChI=1S/C11H10ClNOS/c12-9-3-1-2-8(11(9)14)10(13)7-4-5-15-6-7/h1-6,10,14H,13H2/t10-/m1/s1. The molecule has 2 nitrogen and oxygen atoms in total. The molecule has 0 amide bonds. The molecular formula is C11H10ClNOS. The number of phenols is 1. The van der Waals surface area contributed by atoms with Gasteiger partial charge in [0.2, 0.25) is 0 Å². The van der Waals surface area contributed by atoms with Gasteiger partial charge in [-0.3, -0.25) is 0 Å². The second-order valence-corrected chi connectivity index (χ2v) is 4.40. The molecule has 0 aliphatic carbocycles. The molecule has 0 unspecified atom stereocenters. The molecule has 78 valence electrons. The van der Waals surface area contributed by atoms with Gasteiger partial charge in [-0.25, -0.2) is 0 Å². The Morgan fingerprint density at radius 3 is 2.80 bits per heavy atom. The second kappa shape index (κ2) is 4.23. The third kappa shape index (κ3) is 2.00. The molecule has 1 aromatic carbocycles. The van der Waals surface area contributed by atoms with Gasteiger partial charge in [-0.2, -0.15) is 11.3 Å². The van der Waals surface area contributed by atoms with E-state index in [1.165, 1.54) is 0 Å². The summed E-state index contributed by atoms with van der Waals surface area (Å²) in [7, 11) is 0. The average molecular weight is 240 g/mol. The largest absolute Gasteiger partial charge is 0.506 e. The highest BCUT2D eigenvalue weighted by molar-refractivity contribution is 7.08. The lowest BCUT2D eigenvalue weighted by atomic mass is 10.0. The van der Waals surface area contributed by atoms with Gasteiger partial charge in [0.15, 0.2) is 0 Å². The van der Waals surface area contributed by atoms with Gasteiger partial charge >= 0.3 is 0 Å². The first-order valence-electron chi connectivity index (χ1n) is 4.45. The highest BCUT2D eigenvalue weighted by Gasteiger charge is 2.14. The fourth-order valence-electron chi connectivity index (χ4n) is 1.41.